The largest absolute Gasteiger partial charge is 0.464 e. The first kappa shape index (κ1) is 23.2. The summed E-state index contributed by atoms with van der Waals surface area (Å²) in [5.74, 6) is -1.22. The fraction of sp³-hybridized carbons (Fsp3) is 0.435. The number of fused-ring (bicyclic) bond motifs is 3. The van der Waals surface area contributed by atoms with E-state index in [4.69, 9.17) is 9.72 Å². The molecule has 0 radical (unpaired) electrons. The number of aromatic nitrogens is 3. The summed E-state index contributed by atoms with van der Waals surface area (Å²) in [6.45, 7) is 8.94. The summed E-state index contributed by atoms with van der Waals surface area (Å²) in [5.41, 5.74) is 4.40. The van der Waals surface area contributed by atoms with Crippen molar-refractivity contribution in [1.29, 1.82) is 0 Å². The summed E-state index contributed by atoms with van der Waals surface area (Å²) in [4.78, 5) is 41.1. The summed E-state index contributed by atoms with van der Waals surface area (Å²) in [6, 6.07) is 6.27. The lowest BCUT2D eigenvalue weighted by Crippen LogP contribution is -2.49. The Balaban J connectivity index is 1.63. The normalized spacial score (nSPS) is 13.0. The second kappa shape index (κ2) is 9.76. The molecule has 2 N–H and O–H groups in total. The number of carbonyl (C=O) groups is 3. The van der Waals surface area contributed by atoms with Crippen molar-refractivity contribution in [2.75, 3.05) is 6.61 Å². The highest BCUT2D eigenvalue weighted by atomic mass is 16.5. The topological polar surface area (TPSA) is 115 Å². The van der Waals surface area contributed by atoms with E-state index in [0.717, 1.165) is 33.5 Å². The van der Waals surface area contributed by atoms with E-state index >= 15 is 0 Å². The summed E-state index contributed by atoms with van der Waals surface area (Å²) >= 11 is 0. The van der Waals surface area contributed by atoms with Crippen LogP contribution in [-0.2, 0) is 25.5 Å². The predicted molar refractivity (Wildman–Crippen MR) is 120 cm³/mol. The van der Waals surface area contributed by atoms with Crippen LogP contribution in [0.5, 0.6) is 0 Å². The lowest BCUT2D eigenvalue weighted by molar-refractivity contribution is -0.147. The van der Waals surface area contributed by atoms with Gasteiger partial charge in [0.25, 0.3) is 0 Å². The molecule has 0 saturated heterocycles. The first-order chi connectivity index (χ1) is 15.2. The fourth-order valence-corrected chi connectivity index (χ4v) is 3.62. The third kappa shape index (κ3) is 4.87. The van der Waals surface area contributed by atoms with Gasteiger partial charge in [0.05, 0.1) is 12.1 Å². The molecule has 9 heteroatoms. The quantitative estimate of drug-likeness (QED) is 0.519. The second-order valence-electron chi connectivity index (χ2n) is 7.79. The Bertz CT molecular complexity index is 1170. The fourth-order valence-electron chi connectivity index (χ4n) is 3.62. The van der Waals surface area contributed by atoms with Crippen molar-refractivity contribution < 1.29 is 19.1 Å². The van der Waals surface area contributed by atoms with Gasteiger partial charge in [0.15, 0.2) is 5.65 Å². The zero-order valence-corrected chi connectivity index (χ0v) is 19.1. The summed E-state index contributed by atoms with van der Waals surface area (Å²) in [5, 5.41) is 10.8. The molecule has 2 amide bonds. The Morgan fingerprint density at radius 1 is 1.09 bits per heavy atom. The number of nitrogens with zero attached hydrogens (tertiary/aromatic N) is 3. The van der Waals surface area contributed by atoms with E-state index in [0.29, 0.717) is 6.42 Å². The number of esters is 1. The van der Waals surface area contributed by atoms with Crippen LogP contribution in [0.4, 0.5) is 0 Å². The van der Waals surface area contributed by atoms with Gasteiger partial charge in [-0.3, -0.25) is 9.59 Å². The molecule has 9 nitrogen and oxygen atoms in total. The van der Waals surface area contributed by atoms with Gasteiger partial charge in [0.1, 0.15) is 12.1 Å². The Labute approximate surface area is 186 Å². The predicted octanol–water partition coefficient (Wildman–Crippen LogP) is 2.00. The van der Waals surface area contributed by atoms with E-state index in [9.17, 15) is 14.4 Å². The molecular weight excluding hydrogens is 410 g/mol. The molecule has 0 spiro atoms. The first-order valence-corrected chi connectivity index (χ1v) is 10.7. The van der Waals surface area contributed by atoms with Crippen LogP contribution in [0.3, 0.4) is 0 Å². The van der Waals surface area contributed by atoms with Crippen LogP contribution >= 0.6 is 0 Å². The molecule has 3 rings (SSSR count). The molecule has 2 atom stereocenters. The third-order valence-electron chi connectivity index (χ3n) is 5.39. The van der Waals surface area contributed by atoms with Gasteiger partial charge in [0.2, 0.25) is 11.8 Å². The van der Waals surface area contributed by atoms with Crippen molar-refractivity contribution in [1.82, 2.24) is 25.2 Å². The highest BCUT2D eigenvalue weighted by Crippen LogP contribution is 2.22. The van der Waals surface area contributed by atoms with Crippen LogP contribution < -0.4 is 10.6 Å². The molecule has 2 heterocycles. The van der Waals surface area contributed by atoms with E-state index in [2.05, 4.69) is 15.7 Å². The van der Waals surface area contributed by atoms with Crippen molar-refractivity contribution >= 4 is 34.3 Å². The zero-order chi connectivity index (χ0) is 23.4. The number of hydrogen-bond donors (Lipinski definition) is 2. The van der Waals surface area contributed by atoms with Gasteiger partial charge >= 0.3 is 5.97 Å². The molecule has 2 aromatic heterocycles. The van der Waals surface area contributed by atoms with E-state index < -0.39 is 24.0 Å². The van der Waals surface area contributed by atoms with Crippen molar-refractivity contribution in [3.05, 3.63) is 41.2 Å². The van der Waals surface area contributed by atoms with Crippen molar-refractivity contribution in [3.8, 4) is 0 Å². The molecule has 0 saturated carbocycles. The molecule has 170 valence electrons. The van der Waals surface area contributed by atoms with Crippen molar-refractivity contribution in [2.45, 2.75) is 59.5 Å². The van der Waals surface area contributed by atoms with Gasteiger partial charge in [-0.15, -0.1) is 0 Å². The van der Waals surface area contributed by atoms with Gasteiger partial charge in [-0.2, -0.15) is 5.10 Å². The number of amides is 2. The molecule has 0 unspecified atom stereocenters. The number of aryl methyl sites for hydroxylation is 2. The maximum Gasteiger partial charge on any atom is 0.328 e. The monoisotopic (exact) mass is 439 g/mol. The van der Waals surface area contributed by atoms with E-state index in [-0.39, 0.29) is 18.9 Å². The number of hydrogen-bond acceptors (Lipinski definition) is 6. The molecule has 0 fully saturated rings. The van der Waals surface area contributed by atoms with Gasteiger partial charge in [-0.05, 0) is 58.7 Å². The number of ether oxygens (including phenoxy) is 1. The Morgan fingerprint density at radius 3 is 2.53 bits per heavy atom. The molecule has 1 aromatic carbocycles. The maximum atomic E-state index is 12.5. The lowest BCUT2D eigenvalue weighted by Gasteiger charge is -2.18. The minimum absolute atomic E-state index is 0.195. The highest BCUT2D eigenvalue weighted by Gasteiger charge is 2.22. The zero-order valence-electron chi connectivity index (χ0n) is 19.1. The van der Waals surface area contributed by atoms with Crippen LogP contribution in [0.2, 0.25) is 0 Å². The van der Waals surface area contributed by atoms with Crippen LogP contribution in [0.15, 0.2) is 24.3 Å². The number of nitrogens with one attached hydrogen (secondary N) is 2. The van der Waals surface area contributed by atoms with Gasteiger partial charge < -0.3 is 15.4 Å². The summed E-state index contributed by atoms with van der Waals surface area (Å²) in [6.07, 6.45) is 0.664. The average molecular weight is 440 g/mol. The van der Waals surface area contributed by atoms with E-state index in [1.54, 1.807) is 13.8 Å². The van der Waals surface area contributed by atoms with Gasteiger partial charge in [-0.25, -0.2) is 14.3 Å². The molecule has 3 aromatic rings. The molecule has 0 bridgehead atoms. The molecule has 0 aliphatic carbocycles. The van der Waals surface area contributed by atoms with Crippen molar-refractivity contribution in [2.24, 2.45) is 0 Å². The third-order valence-corrected chi connectivity index (χ3v) is 5.39. The molecule has 0 aliphatic rings. The van der Waals surface area contributed by atoms with Crippen LogP contribution in [0, 0.1) is 13.8 Å². The molecule has 0 aliphatic heterocycles. The van der Waals surface area contributed by atoms with Crippen LogP contribution in [-0.4, -0.2) is 51.1 Å². The number of rotatable bonds is 8. The van der Waals surface area contributed by atoms with Crippen molar-refractivity contribution in [3.63, 3.8) is 0 Å². The van der Waals surface area contributed by atoms with Crippen LogP contribution in [0.1, 0.15) is 44.1 Å². The summed E-state index contributed by atoms with van der Waals surface area (Å²) in [7, 11) is 0. The molecular formula is C23H29N5O4. The minimum atomic E-state index is -0.783. The molecule has 32 heavy (non-hydrogen) atoms. The average Bonchev–Trinajstić information content (AvgIpc) is 3.12. The van der Waals surface area contributed by atoms with Gasteiger partial charge in [-0.1, -0.05) is 12.1 Å². The first-order valence-electron chi connectivity index (χ1n) is 10.7. The minimum Gasteiger partial charge on any atom is -0.464 e. The van der Waals surface area contributed by atoms with E-state index in [1.165, 1.54) is 6.92 Å². The van der Waals surface area contributed by atoms with Gasteiger partial charge in [0, 0.05) is 23.2 Å². The smallest absolute Gasteiger partial charge is 0.328 e. The number of benzene rings is 1. The van der Waals surface area contributed by atoms with Crippen LogP contribution in [0.25, 0.3) is 16.6 Å². The lowest BCUT2D eigenvalue weighted by atomic mass is 10.1. The highest BCUT2D eigenvalue weighted by molar-refractivity contribution is 5.92. The Hall–Kier alpha value is -3.49. The number of carbonyl (C=O) groups excluding carboxylic acids is 3. The standard InChI is InChI=1S/C23H29N5O4/c1-6-32-23(31)15(4)26-22(30)14(3)24-20(29)12-11-17-13(2)25-21-18-9-7-8-10-19(18)27-28(21)16(17)5/h7-10,14-15H,6,11-12H2,1-5H3,(H,24,29)(H,26,30)/t14-,15+/m0/s1. The SMILES string of the molecule is CCOC(=O)[C@@H](C)NC(=O)[C@H](C)NC(=O)CCc1c(C)nc2c3ccccc3nn2c1C. The maximum absolute atomic E-state index is 12.5. The Kier molecular flexibility index (Phi) is 7.07. The second-order valence-corrected chi connectivity index (χ2v) is 7.79. The Morgan fingerprint density at radius 2 is 1.81 bits per heavy atom. The van der Waals surface area contributed by atoms with E-state index in [1.807, 2.05) is 42.6 Å². The summed E-state index contributed by atoms with van der Waals surface area (Å²) < 4.78 is 6.69.